The minimum Gasteiger partial charge on any atom is -0.468 e. The fourth-order valence-electron chi connectivity index (χ4n) is 0.639. The molecule has 70 valence electrons. The van der Waals surface area contributed by atoms with Crippen LogP contribution in [0.4, 0.5) is 0 Å². The van der Waals surface area contributed by atoms with Crippen molar-refractivity contribution < 1.29 is 9.53 Å². The predicted molar refractivity (Wildman–Crippen MR) is 52.0 cm³/mol. The molecule has 0 saturated heterocycles. The monoisotopic (exact) mass is 217 g/mol. The van der Waals surface area contributed by atoms with Crippen LogP contribution in [0.15, 0.2) is 23.4 Å². The van der Waals surface area contributed by atoms with Crippen LogP contribution in [-0.2, 0) is 9.53 Å². The van der Waals surface area contributed by atoms with Crippen molar-refractivity contribution in [2.45, 2.75) is 5.03 Å². The van der Waals surface area contributed by atoms with Gasteiger partial charge in [0.05, 0.1) is 22.9 Å². The first-order chi connectivity index (χ1) is 6.22. The molecule has 1 aromatic heterocycles. The van der Waals surface area contributed by atoms with Crippen LogP contribution in [0.1, 0.15) is 0 Å². The van der Waals surface area contributed by atoms with E-state index in [1.54, 1.807) is 18.3 Å². The molecule has 0 aliphatic heterocycles. The fourth-order valence-corrected chi connectivity index (χ4v) is 1.43. The maximum atomic E-state index is 10.8. The maximum absolute atomic E-state index is 10.8. The highest BCUT2D eigenvalue weighted by atomic mass is 35.5. The normalized spacial score (nSPS) is 9.69. The number of methoxy groups -OCH3 is 1. The van der Waals surface area contributed by atoms with Gasteiger partial charge in [0.15, 0.2) is 0 Å². The van der Waals surface area contributed by atoms with Gasteiger partial charge in [0.1, 0.15) is 0 Å². The maximum Gasteiger partial charge on any atom is 0.316 e. The van der Waals surface area contributed by atoms with Gasteiger partial charge in [0.25, 0.3) is 0 Å². The molecule has 3 nitrogen and oxygen atoms in total. The number of aromatic nitrogens is 1. The number of pyridine rings is 1. The lowest BCUT2D eigenvalue weighted by atomic mass is 10.5. The van der Waals surface area contributed by atoms with Gasteiger partial charge >= 0.3 is 5.97 Å². The molecule has 1 aromatic rings. The number of hydrogen-bond acceptors (Lipinski definition) is 4. The van der Waals surface area contributed by atoms with E-state index in [-0.39, 0.29) is 11.7 Å². The van der Waals surface area contributed by atoms with E-state index in [1.165, 1.54) is 18.9 Å². The Morgan fingerprint density at radius 2 is 2.46 bits per heavy atom. The molecule has 0 amide bonds. The Hall–Kier alpha value is -0.740. The van der Waals surface area contributed by atoms with Gasteiger partial charge in [0, 0.05) is 6.20 Å². The van der Waals surface area contributed by atoms with E-state index in [0.717, 1.165) is 5.03 Å². The largest absolute Gasteiger partial charge is 0.468 e. The van der Waals surface area contributed by atoms with E-state index in [9.17, 15) is 4.79 Å². The molecule has 0 atom stereocenters. The Morgan fingerprint density at radius 3 is 3.00 bits per heavy atom. The van der Waals surface area contributed by atoms with Crippen LogP contribution in [0.5, 0.6) is 0 Å². The summed E-state index contributed by atoms with van der Waals surface area (Å²) in [5.74, 6) is 0.00671. The number of nitrogens with zero attached hydrogens (tertiary/aromatic N) is 1. The lowest BCUT2D eigenvalue weighted by Gasteiger charge is -1.98. The first-order valence-corrected chi connectivity index (χ1v) is 4.90. The Labute approximate surface area is 85.4 Å². The van der Waals surface area contributed by atoms with E-state index in [1.807, 2.05) is 0 Å². The third-order valence-corrected chi connectivity index (χ3v) is 2.41. The second-order valence-electron chi connectivity index (χ2n) is 2.18. The lowest BCUT2D eigenvalue weighted by molar-refractivity contribution is -0.137. The number of carbonyl (C=O) groups is 1. The second-order valence-corrected chi connectivity index (χ2v) is 3.61. The number of halogens is 1. The molecule has 1 rings (SSSR count). The zero-order valence-electron chi connectivity index (χ0n) is 6.99. The lowest BCUT2D eigenvalue weighted by Crippen LogP contribution is -2.02. The molecule has 0 saturated carbocycles. The minimum absolute atomic E-state index is 0.262. The summed E-state index contributed by atoms with van der Waals surface area (Å²) in [6.45, 7) is 0. The second kappa shape index (κ2) is 5.09. The van der Waals surface area contributed by atoms with Gasteiger partial charge in [0.2, 0.25) is 0 Å². The summed E-state index contributed by atoms with van der Waals surface area (Å²) in [7, 11) is 1.36. The van der Waals surface area contributed by atoms with Crippen molar-refractivity contribution in [3.8, 4) is 0 Å². The summed E-state index contributed by atoms with van der Waals surface area (Å²) in [4.78, 5) is 14.8. The SMILES string of the molecule is COC(=O)CSc1ccc(Cl)cn1. The van der Waals surface area contributed by atoms with E-state index in [4.69, 9.17) is 11.6 Å². The van der Waals surface area contributed by atoms with Gasteiger partial charge in [-0.25, -0.2) is 4.98 Å². The number of esters is 1. The summed E-state index contributed by atoms with van der Waals surface area (Å²) in [5, 5.41) is 1.34. The average molecular weight is 218 g/mol. The Balaban J connectivity index is 2.46. The van der Waals surface area contributed by atoms with E-state index < -0.39 is 0 Å². The van der Waals surface area contributed by atoms with Crippen LogP contribution in [0.3, 0.4) is 0 Å². The summed E-state index contributed by atoms with van der Waals surface area (Å²) in [5.41, 5.74) is 0. The molecular formula is C8H8ClNO2S. The first-order valence-electron chi connectivity index (χ1n) is 3.53. The Morgan fingerprint density at radius 1 is 1.69 bits per heavy atom. The molecule has 0 bridgehead atoms. The highest BCUT2D eigenvalue weighted by molar-refractivity contribution is 7.99. The third kappa shape index (κ3) is 3.65. The van der Waals surface area contributed by atoms with Crippen molar-refractivity contribution in [1.29, 1.82) is 0 Å². The van der Waals surface area contributed by atoms with Gasteiger partial charge in [-0.2, -0.15) is 0 Å². The van der Waals surface area contributed by atoms with Gasteiger partial charge < -0.3 is 4.74 Å². The van der Waals surface area contributed by atoms with Crippen molar-refractivity contribution in [2.24, 2.45) is 0 Å². The van der Waals surface area contributed by atoms with Crippen molar-refractivity contribution in [1.82, 2.24) is 4.98 Å². The number of carbonyl (C=O) groups excluding carboxylic acids is 1. The van der Waals surface area contributed by atoms with Crippen LogP contribution in [0.25, 0.3) is 0 Å². The van der Waals surface area contributed by atoms with Crippen LogP contribution < -0.4 is 0 Å². The zero-order chi connectivity index (χ0) is 9.68. The van der Waals surface area contributed by atoms with Crippen molar-refractivity contribution >= 4 is 29.3 Å². The number of rotatable bonds is 3. The zero-order valence-corrected chi connectivity index (χ0v) is 8.56. The molecule has 0 unspecified atom stereocenters. The highest BCUT2D eigenvalue weighted by Crippen LogP contribution is 2.16. The van der Waals surface area contributed by atoms with Crippen LogP contribution in [0.2, 0.25) is 5.02 Å². The molecule has 13 heavy (non-hydrogen) atoms. The van der Waals surface area contributed by atoms with Crippen LogP contribution in [-0.4, -0.2) is 23.8 Å². The number of hydrogen-bond donors (Lipinski definition) is 0. The van der Waals surface area contributed by atoms with Crippen molar-refractivity contribution in [2.75, 3.05) is 12.9 Å². The van der Waals surface area contributed by atoms with Crippen LogP contribution >= 0.6 is 23.4 Å². The standard InChI is InChI=1S/C8H8ClNO2S/c1-12-8(11)5-13-7-3-2-6(9)4-10-7/h2-4H,5H2,1H3. The predicted octanol–water partition coefficient (Wildman–Crippen LogP) is 2.00. The Bertz CT molecular complexity index is 289. The minimum atomic E-state index is -0.262. The molecule has 0 N–H and O–H groups in total. The number of thioether (sulfide) groups is 1. The molecule has 0 radical (unpaired) electrons. The molecule has 5 heteroatoms. The average Bonchev–Trinajstić information content (AvgIpc) is 2.16. The first kappa shape index (κ1) is 10.3. The fraction of sp³-hybridized carbons (Fsp3) is 0.250. The van der Waals surface area contributed by atoms with Crippen molar-refractivity contribution in [3.05, 3.63) is 23.4 Å². The topological polar surface area (TPSA) is 39.2 Å². The van der Waals surface area contributed by atoms with E-state index in [2.05, 4.69) is 9.72 Å². The molecule has 1 heterocycles. The smallest absolute Gasteiger partial charge is 0.316 e. The van der Waals surface area contributed by atoms with Gasteiger partial charge in [-0.1, -0.05) is 23.4 Å². The molecule has 0 aromatic carbocycles. The van der Waals surface area contributed by atoms with Crippen molar-refractivity contribution in [3.63, 3.8) is 0 Å². The molecule has 0 aliphatic carbocycles. The van der Waals surface area contributed by atoms with Gasteiger partial charge in [-0.3, -0.25) is 4.79 Å². The molecule has 0 aliphatic rings. The summed E-state index contributed by atoms with van der Waals surface area (Å²) in [6.07, 6.45) is 1.54. The van der Waals surface area contributed by atoms with Gasteiger partial charge in [-0.05, 0) is 12.1 Å². The van der Waals surface area contributed by atoms with E-state index in [0.29, 0.717) is 5.02 Å². The highest BCUT2D eigenvalue weighted by Gasteiger charge is 2.02. The summed E-state index contributed by atoms with van der Waals surface area (Å²) in [6, 6.07) is 3.49. The third-order valence-electron chi connectivity index (χ3n) is 1.27. The van der Waals surface area contributed by atoms with Crippen LogP contribution in [0, 0.1) is 0 Å². The molecular weight excluding hydrogens is 210 g/mol. The quantitative estimate of drug-likeness (QED) is 0.574. The molecule has 0 fully saturated rings. The number of ether oxygens (including phenoxy) is 1. The Kier molecular flexibility index (Phi) is 4.05. The van der Waals surface area contributed by atoms with E-state index >= 15 is 0 Å². The summed E-state index contributed by atoms with van der Waals surface area (Å²) >= 11 is 6.96. The molecule has 0 spiro atoms. The summed E-state index contributed by atoms with van der Waals surface area (Å²) < 4.78 is 4.48. The van der Waals surface area contributed by atoms with Gasteiger partial charge in [-0.15, -0.1) is 0 Å².